The number of halogens is 2. The summed E-state index contributed by atoms with van der Waals surface area (Å²) < 4.78 is 13.4. The SMILES string of the molecule is C[C@@H]1CCCN(C(=O)c2ccc(-c3nccc(F)n3)cc2)[C@@H]1CNc1ccc(Cl)cn1. The number of carbonyl (C=O) groups excluding carboxylic acids is 1. The molecule has 0 unspecified atom stereocenters. The molecule has 1 aliphatic rings. The summed E-state index contributed by atoms with van der Waals surface area (Å²) in [5, 5.41) is 3.91. The highest BCUT2D eigenvalue weighted by molar-refractivity contribution is 6.30. The molecule has 0 aliphatic carbocycles. The number of likely N-dealkylation sites (tertiary alicyclic amines) is 1. The fourth-order valence-electron chi connectivity index (χ4n) is 3.91. The van der Waals surface area contributed by atoms with Crippen LogP contribution in [-0.2, 0) is 0 Å². The molecule has 6 nitrogen and oxygen atoms in total. The van der Waals surface area contributed by atoms with Crippen molar-refractivity contribution in [3.63, 3.8) is 0 Å². The first-order chi connectivity index (χ1) is 15.0. The number of pyridine rings is 1. The number of hydrogen-bond acceptors (Lipinski definition) is 5. The van der Waals surface area contributed by atoms with Gasteiger partial charge in [-0.25, -0.2) is 9.97 Å². The number of rotatable bonds is 5. The Bertz CT molecular complexity index is 1040. The second kappa shape index (κ2) is 9.39. The van der Waals surface area contributed by atoms with Gasteiger partial charge < -0.3 is 10.2 Å². The lowest BCUT2D eigenvalue weighted by Gasteiger charge is -2.40. The molecule has 160 valence electrons. The summed E-state index contributed by atoms with van der Waals surface area (Å²) in [6.07, 6.45) is 5.01. The van der Waals surface area contributed by atoms with Gasteiger partial charge in [-0.1, -0.05) is 30.7 Å². The number of anilines is 1. The van der Waals surface area contributed by atoms with E-state index in [0.717, 1.165) is 18.7 Å². The highest BCUT2D eigenvalue weighted by Crippen LogP contribution is 2.26. The van der Waals surface area contributed by atoms with E-state index in [-0.39, 0.29) is 11.9 Å². The number of aromatic nitrogens is 3. The number of amides is 1. The Labute approximate surface area is 185 Å². The molecule has 1 aromatic carbocycles. The van der Waals surface area contributed by atoms with Crippen LogP contribution in [0.4, 0.5) is 10.2 Å². The Morgan fingerprint density at radius 2 is 2.00 bits per heavy atom. The van der Waals surface area contributed by atoms with E-state index >= 15 is 0 Å². The fraction of sp³-hybridized carbons (Fsp3) is 0.304. The summed E-state index contributed by atoms with van der Waals surface area (Å²) in [5.41, 5.74) is 1.25. The predicted octanol–water partition coefficient (Wildman–Crippen LogP) is 4.68. The van der Waals surface area contributed by atoms with E-state index in [1.807, 2.05) is 11.0 Å². The van der Waals surface area contributed by atoms with Crippen molar-refractivity contribution in [2.24, 2.45) is 5.92 Å². The smallest absolute Gasteiger partial charge is 0.254 e. The van der Waals surface area contributed by atoms with Crippen LogP contribution in [0.25, 0.3) is 11.4 Å². The number of benzene rings is 1. The largest absolute Gasteiger partial charge is 0.368 e. The molecule has 8 heteroatoms. The van der Waals surface area contributed by atoms with Crippen molar-refractivity contribution in [1.29, 1.82) is 0 Å². The monoisotopic (exact) mass is 439 g/mol. The summed E-state index contributed by atoms with van der Waals surface area (Å²) in [5.74, 6) is 0.779. The van der Waals surface area contributed by atoms with Crippen LogP contribution < -0.4 is 5.32 Å². The van der Waals surface area contributed by atoms with Gasteiger partial charge in [-0.3, -0.25) is 4.79 Å². The second-order valence-electron chi connectivity index (χ2n) is 7.71. The molecule has 2 aromatic heterocycles. The molecule has 1 fully saturated rings. The maximum absolute atomic E-state index is 13.4. The highest BCUT2D eigenvalue weighted by Gasteiger charge is 2.32. The maximum Gasteiger partial charge on any atom is 0.254 e. The number of hydrogen-bond donors (Lipinski definition) is 1. The van der Waals surface area contributed by atoms with E-state index in [9.17, 15) is 9.18 Å². The zero-order chi connectivity index (χ0) is 21.8. The van der Waals surface area contributed by atoms with E-state index in [0.29, 0.717) is 41.0 Å². The highest BCUT2D eigenvalue weighted by atomic mass is 35.5. The van der Waals surface area contributed by atoms with Gasteiger partial charge in [0, 0.05) is 42.7 Å². The van der Waals surface area contributed by atoms with Crippen LogP contribution in [0.1, 0.15) is 30.1 Å². The summed E-state index contributed by atoms with van der Waals surface area (Å²) in [7, 11) is 0. The number of piperidine rings is 1. The molecule has 0 bridgehead atoms. The molecule has 3 heterocycles. The number of nitrogens with zero attached hydrogens (tertiary/aromatic N) is 4. The normalized spacial score (nSPS) is 18.6. The van der Waals surface area contributed by atoms with E-state index in [1.54, 1.807) is 36.5 Å². The van der Waals surface area contributed by atoms with E-state index in [1.165, 1.54) is 12.3 Å². The molecular weight excluding hydrogens is 417 g/mol. The zero-order valence-electron chi connectivity index (χ0n) is 17.1. The fourth-order valence-corrected chi connectivity index (χ4v) is 4.02. The average Bonchev–Trinajstić information content (AvgIpc) is 2.79. The first kappa shape index (κ1) is 21.2. The topological polar surface area (TPSA) is 71.0 Å². The molecule has 0 saturated carbocycles. The first-order valence-corrected chi connectivity index (χ1v) is 10.6. The minimum Gasteiger partial charge on any atom is -0.368 e. The minimum absolute atomic E-state index is 0.0193. The van der Waals surface area contributed by atoms with Crippen LogP contribution in [0.5, 0.6) is 0 Å². The van der Waals surface area contributed by atoms with Crippen molar-refractivity contribution in [2.75, 3.05) is 18.4 Å². The van der Waals surface area contributed by atoms with Gasteiger partial charge in [0.25, 0.3) is 5.91 Å². The van der Waals surface area contributed by atoms with Crippen LogP contribution in [0.3, 0.4) is 0 Å². The molecule has 2 atom stereocenters. The molecule has 0 spiro atoms. The third-order valence-electron chi connectivity index (χ3n) is 5.61. The van der Waals surface area contributed by atoms with E-state index in [2.05, 4.69) is 27.2 Å². The van der Waals surface area contributed by atoms with Crippen molar-refractivity contribution < 1.29 is 9.18 Å². The summed E-state index contributed by atoms with van der Waals surface area (Å²) in [6.45, 7) is 3.49. The van der Waals surface area contributed by atoms with Crippen LogP contribution >= 0.6 is 11.6 Å². The zero-order valence-corrected chi connectivity index (χ0v) is 17.9. The lowest BCUT2D eigenvalue weighted by atomic mass is 9.90. The maximum atomic E-state index is 13.4. The summed E-state index contributed by atoms with van der Waals surface area (Å²) in [4.78, 5) is 27.4. The Kier molecular flexibility index (Phi) is 6.42. The van der Waals surface area contributed by atoms with Gasteiger partial charge in [0.2, 0.25) is 5.95 Å². The lowest BCUT2D eigenvalue weighted by molar-refractivity contribution is 0.0540. The van der Waals surface area contributed by atoms with Crippen molar-refractivity contribution in [1.82, 2.24) is 19.9 Å². The number of nitrogens with one attached hydrogen (secondary N) is 1. The van der Waals surface area contributed by atoms with Gasteiger partial charge in [-0.05, 0) is 43.0 Å². The van der Waals surface area contributed by atoms with Crippen molar-refractivity contribution in [3.8, 4) is 11.4 Å². The Morgan fingerprint density at radius 3 is 2.71 bits per heavy atom. The third kappa shape index (κ3) is 4.99. The standard InChI is InChI=1S/C23H23ClFN5O/c1-15-3-2-12-30(19(15)14-28-21-9-8-18(24)13-27-21)23(31)17-6-4-16(5-7-17)22-26-11-10-20(25)29-22/h4-11,13,15,19H,2-3,12,14H2,1H3,(H,27,28)/t15-,19-/m1/s1. The van der Waals surface area contributed by atoms with Gasteiger partial charge in [-0.2, -0.15) is 9.37 Å². The van der Waals surface area contributed by atoms with Gasteiger partial charge in [0.1, 0.15) is 5.82 Å². The molecule has 1 aliphatic heterocycles. The molecule has 0 radical (unpaired) electrons. The van der Waals surface area contributed by atoms with Gasteiger partial charge in [0.05, 0.1) is 11.1 Å². The summed E-state index contributed by atoms with van der Waals surface area (Å²) in [6, 6.07) is 11.9. The average molecular weight is 440 g/mol. The molecular formula is C23H23ClFN5O. The van der Waals surface area contributed by atoms with Crippen molar-refractivity contribution in [3.05, 3.63) is 71.4 Å². The molecule has 31 heavy (non-hydrogen) atoms. The van der Waals surface area contributed by atoms with Crippen LogP contribution in [-0.4, -0.2) is 44.9 Å². The van der Waals surface area contributed by atoms with Crippen molar-refractivity contribution >= 4 is 23.3 Å². The second-order valence-corrected chi connectivity index (χ2v) is 8.14. The molecule has 4 rings (SSSR count). The molecule has 1 saturated heterocycles. The first-order valence-electron chi connectivity index (χ1n) is 10.3. The van der Waals surface area contributed by atoms with Crippen LogP contribution in [0, 0.1) is 11.9 Å². The van der Waals surface area contributed by atoms with Crippen molar-refractivity contribution in [2.45, 2.75) is 25.8 Å². The molecule has 1 N–H and O–H groups in total. The summed E-state index contributed by atoms with van der Waals surface area (Å²) >= 11 is 5.90. The minimum atomic E-state index is -0.585. The predicted molar refractivity (Wildman–Crippen MR) is 118 cm³/mol. The van der Waals surface area contributed by atoms with Crippen LogP contribution in [0.15, 0.2) is 54.9 Å². The lowest BCUT2D eigenvalue weighted by Crippen LogP contribution is -2.51. The van der Waals surface area contributed by atoms with Crippen LogP contribution in [0.2, 0.25) is 5.02 Å². The quantitative estimate of drug-likeness (QED) is 0.584. The molecule has 1 amide bonds. The van der Waals surface area contributed by atoms with Gasteiger partial charge in [0.15, 0.2) is 5.82 Å². The van der Waals surface area contributed by atoms with E-state index < -0.39 is 5.95 Å². The Balaban J connectivity index is 1.49. The Morgan fingerprint density at radius 1 is 1.19 bits per heavy atom. The Hall–Kier alpha value is -3.06. The molecule has 3 aromatic rings. The number of carbonyl (C=O) groups is 1. The van der Waals surface area contributed by atoms with Gasteiger partial charge in [-0.15, -0.1) is 0 Å². The van der Waals surface area contributed by atoms with E-state index in [4.69, 9.17) is 11.6 Å². The van der Waals surface area contributed by atoms with Gasteiger partial charge >= 0.3 is 0 Å². The third-order valence-corrected chi connectivity index (χ3v) is 5.83.